The Labute approximate surface area is 134 Å². The van der Waals surface area contributed by atoms with Gasteiger partial charge in [-0.25, -0.2) is 4.79 Å². The Morgan fingerprint density at radius 1 is 1.39 bits per heavy atom. The highest BCUT2D eigenvalue weighted by Crippen LogP contribution is 2.35. The first-order valence-electron chi connectivity index (χ1n) is 7.61. The molecule has 0 aliphatic carbocycles. The molecule has 6 heteroatoms. The summed E-state index contributed by atoms with van der Waals surface area (Å²) >= 11 is 0. The smallest absolute Gasteiger partial charge is 0.338 e. The molecule has 0 radical (unpaired) electrons. The average Bonchev–Trinajstić information content (AvgIpc) is 3.07. The third-order valence-corrected chi connectivity index (χ3v) is 4.14. The van der Waals surface area contributed by atoms with Crippen molar-refractivity contribution in [1.29, 1.82) is 0 Å². The Hall–Kier alpha value is -2.18. The van der Waals surface area contributed by atoms with E-state index in [1.54, 1.807) is 35.4 Å². The van der Waals surface area contributed by atoms with Crippen molar-refractivity contribution in [3.05, 3.63) is 48.6 Å². The molecule has 6 nitrogen and oxygen atoms in total. The fraction of sp³-hybridized carbons (Fsp3) is 0.412. The van der Waals surface area contributed by atoms with Crippen LogP contribution in [0.25, 0.3) is 0 Å². The molecule has 3 atom stereocenters. The molecule has 0 N–H and O–H groups in total. The number of carbonyl (C=O) groups excluding carboxylic acids is 2. The summed E-state index contributed by atoms with van der Waals surface area (Å²) in [5.41, 5.74) is 0.499. The number of carbonyl (C=O) groups is 2. The average molecular weight is 317 g/mol. The predicted molar refractivity (Wildman–Crippen MR) is 81.4 cm³/mol. The van der Waals surface area contributed by atoms with Crippen LogP contribution in [0.1, 0.15) is 16.8 Å². The van der Waals surface area contributed by atoms with Crippen LogP contribution in [0.2, 0.25) is 0 Å². The number of benzene rings is 1. The summed E-state index contributed by atoms with van der Waals surface area (Å²) in [6, 6.07) is 8.61. The first kappa shape index (κ1) is 15.7. The molecule has 2 heterocycles. The molecular formula is C17H19NO5. The monoisotopic (exact) mass is 317 g/mol. The molecule has 3 rings (SSSR count). The minimum absolute atomic E-state index is 0.0177. The summed E-state index contributed by atoms with van der Waals surface area (Å²) in [6.45, 7) is 4.62. The minimum Gasteiger partial charge on any atom is -0.461 e. The van der Waals surface area contributed by atoms with E-state index in [2.05, 4.69) is 6.58 Å². The molecule has 23 heavy (non-hydrogen) atoms. The van der Waals surface area contributed by atoms with Crippen LogP contribution in [-0.4, -0.2) is 48.9 Å². The van der Waals surface area contributed by atoms with Crippen LogP contribution in [0.4, 0.5) is 0 Å². The van der Waals surface area contributed by atoms with Gasteiger partial charge < -0.3 is 9.47 Å². The summed E-state index contributed by atoms with van der Waals surface area (Å²) in [7, 11) is 0. The number of hydrogen-bond acceptors (Lipinski definition) is 6. The Morgan fingerprint density at radius 2 is 2.17 bits per heavy atom. The molecule has 2 fully saturated rings. The van der Waals surface area contributed by atoms with Gasteiger partial charge in [0.15, 0.2) is 0 Å². The van der Waals surface area contributed by atoms with Crippen LogP contribution in [0.15, 0.2) is 43.0 Å². The van der Waals surface area contributed by atoms with Gasteiger partial charge in [-0.2, -0.15) is 5.06 Å². The van der Waals surface area contributed by atoms with Gasteiger partial charge in [-0.1, -0.05) is 24.3 Å². The third kappa shape index (κ3) is 3.43. The maximum Gasteiger partial charge on any atom is 0.338 e. The van der Waals surface area contributed by atoms with Crippen LogP contribution in [-0.2, 0) is 19.1 Å². The second-order valence-corrected chi connectivity index (χ2v) is 5.61. The first-order chi connectivity index (χ1) is 11.2. The lowest BCUT2D eigenvalue weighted by Gasteiger charge is -2.25. The number of rotatable bonds is 6. The Bertz CT molecular complexity index is 588. The second-order valence-electron chi connectivity index (χ2n) is 5.61. The van der Waals surface area contributed by atoms with Gasteiger partial charge in [0.25, 0.3) is 0 Å². The third-order valence-electron chi connectivity index (χ3n) is 4.14. The highest BCUT2D eigenvalue weighted by Gasteiger charge is 2.50. The first-order valence-corrected chi connectivity index (χ1v) is 7.61. The number of nitrogens with zero attached hydrogens (tertiary/aromatic N) is 1. The number of hydroxylamine groups is 2. The summed E-state index contributed by atoms with van der Waals surface area (Å²) in [6.07, 6.45) is 1.77. The zero-order valence-corrected chi connectivity index (χ0v) is 12.7. The van der Waals surface area contributed by atoms with E-state index < -0.39 is 0 Å². The minimum atomic E-state index is -0.386. The normalized spacial score (nSPS) is 26.6. The molecule has 0 spiro atoms. The van der Waals surface area contributed by atoms with Crippen molar-refractivity contribution in [2.75, 3.05) is 19.8 Å². The van der Waals surface area contributed by atoms with Gasteiger partial charge in [-0.05, 0) is 12.1 Å². The van der Waals surface area contributed by atoms with Crippen LogP contribution in [0.5, 0.6) is 0 Å². The highest BCUT2D eigenvalue weighted by atomic mass is 16.7. The van der Waals surface area contributed by atoms with Gasteiger partial charge in [-0.15, -0.1) is 6.58 Å². The summed E-state index contributed by atoms with van der Waals surface area (Å²) in [5, 5.41) is 1.74. The van der Waals surface area contributed by atoms with Gasteiger partial charge in [0.2, 0.25) is 0 Å². The van der Waals surface area contributed by atoms with E-state index in [1.165, 1.54) is 0 Å². The number of esters is 2. The fourth-order valence-corrected chi connectivity index (χ4v) is 3.03. The molecule has 0 bridgehead atoms. The molecule has 0 saturated carbocycles. The number of fused-ring (bicyclic) bond motifs is 1. The predicted octanol–water partition coefficient (Wildman–Crippen LogP) is 1.58. The lowest BCUT2D eigenvalue weighted by molar-refractivity contribution is -0.177. The van der Waals surface area contributed by atoms with E-state index in [-0.39, 0.29) is 36.6 Å². The summed E-state index contributed by atoms with van der Waals surface area (Å²) in [5.74, 6) is -0.610. The van der Waals surface area contributed by atoms with E-state index in [9.17, 15) is 9.59 Å². The molecular weight excluding hydrogens is 298 g/mol. The van der Waals surface area contributed by atoms with Gasteiger partial charge in [0, 0.05) is 5.92 Å². The standard InChI is InChI=1S/C17H19NO5/c1-2-8-22-18-10-15-13(9-16(19)23-15)14(18)11-21-17(20)12-6-4-3-5-7-12/h2-7,13-15H,1,8-11H2/t13-,14-,15+/m1/s1. The van der Waals surface area contributed by atoms with Crippen molar-refractivity contribution in [3.8, 4) is 0 Å². The van der Waals surface area contributed by atoms with E-state index in [4.69, 9.17) is 14.3 Å². The maximum absolute atomic E-state index is 12.1. The van der Waals surface area contributed by atoms with Crippen molar-refractivity contribution in [1.82, 2.24) is 5.06 Å². The van der Waals surface area contributed by atoms with Crippen molar-refractivity contribution in [3.63, 3.8) is 0 Å². The van der Waals surface area contributed by atoms with E-state index in [0.717, 1.165) is 0 Å². The SMILES string of the molecule is C=CCON1C[C@@H]2OC(=O)C[C@@H]2[C@H]1COC(=O)c1ccccc1. The topological polar surface area (TPSA) is 65.1 Å². The van der Waals surface area contributed by atoms with Gasteiger partial charge in [0.05, 0.1) is 31.2 Å². The van der Waals surface area contributed by atoms with E-state index >= 15 is 0 Å². The molecule has 2 aliphatic rings. The zero-order chi connectivity index (χ0) is 16.2. The fourth-order valence-electron chi connectivity index (χ4n) is 3.03. The summed E-state index contributed by atoms with van der Waals surface area (Å²) in [4.78, 5) is 29.2. The van der Waals surface area contributed by atoms with Crippen molar-refractivity contribution >= 4 is 11.9 Å². The highest BCUT2D eigenvalue weighted by molar-refractivity contribution is 5.89. The molecule has 1 aromatic rings. The molecule has 2 saturated heterocycles. The molecule has 0 aromatic heterocycles. The molecule has 1 aromatic carbocycles. The van der Waals surface area contributed by atoms with Gasteiger partial charge in [0.1, 0.15) is 12.7 Å². The molecule has 0 amide bonds. The van der Waals surface area contributed by atoms with E-state index in [1.807, 2.05) is 6.07 Å². The zero-order valence-electron chi connectivity index (χ0n) is 12.7. The molecule has 2 aliphatic heterocycles. The second kappa shape index (κ2) is 6.93. The lowest BCUT2D eigenvalue weighted by atomic mass is 9.98. The molecule has 122 valence electrons. The quantitative estimate of drug-likeness (QED) is 0.586. The van der Waals surface area contributed by atoms with Gasteiger partial charge in [-0.3, -0.25) is 9.63 Å². The van der Waals surface area contributed by atoms with Crippen LogP contribution in [0, 0.1) is 5.92 Å². The Balaban J connectivity index is 1.64. The molecule has 0 unspecified atom stereocenters. The number of ether oxygens (including phenoxy) is 2. The largest absolute Gasteiger partial charge is 0.461 e. The Morgan fingerprint density at radius 3 is 2.91 bits per heavy atom. The van der Waals surface area contributed by atoms with Crippen molar-refractivity contribution in [2.24, 2.45) is 5.92 Å². The van der Waals surface area contributed by atoms with Crippen molar-refractivity contribution < 1.29 is 23.9 Å². The maximum atomic E-state index is 12.1. The van der Waals surface area contributed by atoms with Crippen LogP contribution in [0.3, 0.4) is 0 Å². The lowest BCUT2D eigenvalue weighted by Crippen LogP contribution is -2.38. The Kier molecular flexibility index (Phi) is 4.73. The van der Waals surface area contributed by atoms with Crippen LogP contribution >= 0.6 is 0 Å². The summed E-state index contributed by atoms with van der Waals surface area (Å²) < 4.78 is 10.7. The number of hydrogen-bond donors (Lipinski definition) is 0. The van der Waals surface area contributed by atoms with E-state index in [0.29, 0.717) is 25.1 Å². The van der Waals surface area contributed by atoms with Gasteiger partial charge >= 0.3 is 11.9 Å². The van der Waals surface area contributed by atoms with Crippen molar-refractivity contribution in [2.45, 2.75) is 18.6 Å². The van der Waals surface area contributed by atoms with Crippen LogP contribution < -0.4 is 0 Å².